The van der Waals surface area contributed by atoms with E-state index in [1.807, 2.05) is 0 Å². The molecule has 0 aliphatic carbocycles. The Morgan fingerprint density at radius 3 is 2.43 bits per heavy atom. The van der Waals surface area contributed by atoms with Crippen molar-refractivity contribution in [3.8, 4) is 0 Å². The molecule has 0 bridgehead atoms. The third-order valence-electron chi connectivity index (χ3n) is 3.12. The lowest BCUT2D eigenvalue weighted by Crippen LogP contribution is -2.29. The van der Waals surface area contributed by atoms with Gasteiger partial charge in [-0.05, 0) is 38.5 Å². The molecule has 0 unspecified atom stereocenters. The first-order valence-electron chi connectivity index (χ1n) is 7.05. The van der Waals surface area contributed by atoms with Gasteiger partial charge in [0, 0.05) is 13.6 Å². The zero-order valence-corrected chi connectivity index (χ0v) is 14.4. The van der Waals surface area contributed by atoms with Crippen LogP contribution in [0.3, 0.4) is 0 Å². The summed E-state index contributed by atoms with van der Waals surface area (Å²) < 4.78 is 30.9. The summed E-state index contributed by atoms with van der Waals surface area (Å²) in [5, 5.41) is 8.65. The van der Waals surface area contributed by atoms with Gasteiger partial charge in [0.05, 0.1) is 23.0 Å². The molecule has 0 radical (unpaired) electrons. The number of carboxylic acids is 1. The molecule has 1 aromatic rings. The van der Waals surface area contributed by atoms with Gasteiger partial charge in [0.1, 0.15) is 0 Å². The van der Waals surface area contributed by atoms with Crippen molar-refractivity contribution in [3.05, 3.63) is 29.3 Å². The third kappa shape index (κ3) is 5.04. The number of esters is 1. The molecule has 0 spiro atoms. The quantitative estimate of drug-likeness (QED) is 0.756. The first-order chi connectivity index (χ1) is 10.6. The summed E-state index contributed by atoms with van der Waals surface area (Å²) >= 11 is 0. The van der Waals surface area contributed by atoms with Crippen molar-refractivity contribution in [1.82, 2.24) is 4.31 Å². The van der Waals surface area contributed by atoms with Crippen LogP contribution in [0.25, 0.3) is 0 Å². The van der Waals surface area contributed by atoms with Crippen LogP contribution in [0, 0.1) is 6.92 Å². The predicted octanol–water partition coefficient (Wildman–Crippen LogP) is 1.66. The highest BCUT2D eigenvalue weighted by Crippen LogP contribution is 2.20. The zero-order chi connectivity index (χ0) is 17.8. The molecule has 1 N–H and O–H groups in total. The molecule has 1 aromatic carbocycles. The Morgan fingerprint density at radius 1 is 1.30 bits per heavy atom. The molecule has 0 aromatic heterocycles. The third-order valence-corrected chi connectivity index (χ3v) is 4.97. The Bertz CT molecular complexity index is 696. The van der Waals surface area contributed by atoms with E-state index in [-0.39, 0.29) is 29.5 Å². The highest BCUT2D eigenvalue weighted by Gasteiger charge is 2.23. The number of carboxylic acid groups (broad SMARTS) is 1. The van der Waals surface area contributed by atoms with E-state index in [0.717, 1.165) is 4.31 Å². The fourth-order valence-corrected chi connectivity index (χ4v) is 3.01. The van der Waals surface area contributed by atoms with Crippen LogP contribution in [0.15, 0.2) is 23.1 Å². The van der Waals surface area contributed by atoms with Crippen LogP contribution in [0.5, 0.6) is 0 Å². The number of nitrogens with zero attached hydrogens (tertiary/aromatic N) is 1. The van der Waals surface area contributed by atoms with E-state index >= 15 is 0 Å². The number of sulfonamides is 1. The molecule has 0 fully saturated rings. The number of hydrogen-bond acceptors (Lipinski definition) is 5. The van der Waals surface area contributed by atoms with Gasteiger partial charge in [0.2, 0.25) is 10.0 Å². The Hall–Kier alpha value is -1.93. The van der Waals surface area contributed by atoms with Crippen molar-refractivity contribution in [2.45, 2.75) is 38.2 Å². The van der Waals surface area contributed by atoms with Gasteiger partial charge < -0.3 is 9.84 Å². The van der Waals surface area contributed by atoms with Crippen molar-refractivity contribution >= 4 is 22.0 Å². The maximum atomic E-state index is 12.4. The van der Waals surface area contributed by atoms with E-state index in [1.165, 1.54) is 25.2 Å². The summed E-state index contributed by atoms with van der Waals surface area (Å²) in [6.45, 7) is 4.93. The first-order valence-corrected chi connectivity index (χ1v) is 8.49. The van der Waals surface area contributed by atoms with E-state index in [0.29, 0.717) is 5.56 Å². The SMILES string of the molecule is Cc1ccc(S(=O)(=O)N(C)CCC(=O)O)cc1C(=O)OC(C)C. The molecule has 8 heteroatoms. The predicted molar refractivity (Wildman–Crippen MR) is 83.8 cm³/mol. The molecule has 23 heavy (non-hydrogen) atoms. The second-order valence-corrected chi connectivity index (χ2v) is 7.45. The number of rotatable bonds is 7. The van der Waals surface area contributed by atoms with E-state index in [4.69, 9.17) is 9.84 Å². The summed E-state index contributed by atoms with van der Waals surface area (Å²) in [7, 11) is -2.58. The summed E-state index contributed by atoms with van der Waals surface area (Å²) in [5.41, 5.74) is 0.772. The van der Waals surface area contributed by atoms with Crippen molar-refractivity contribution < 1.29 is 27.9 Å². The normalized spacial score (nSPS) is 11.7. The van der Waals surface area contributed by atoms with Crippen molar-refractivity contribution in [2.24, 2.45) is 0 Å². The fourth-order valence-electron chi connectivity index (χ4n) is 1.81. The number of aliphatic carboxylic acids is 1. The van der Waals surface area contributed by atoms with Gasteiger partial charge in [-0.3, -0.25) is 4.79 Å². The average molecular weight is 343 g/mol. The van der Waals surface area contributed by atoms with Crippen LogP contribution in [0.1, 0.15) is 36.2 Å². The number of hydrogen-bond donors (Lipinski definition) is 1. The van der Waals surface area contributed by atoms with Crippen LogP contribution in [0.4, 0.5) is 0 Å². The molecule has 0 heterocycles. The number of carbonyl (C=O) groups excluding carboxylic acids is 1. The number of benzene rings is 1. The minimum atomic E-state index is -3.87. The summed E-state index contributed by atoms with van der Waals surface area (Å²) in [5.74, 6) is -1.68. The smallest absolute Gasteiger partial charge is 0.338 e. The largest absolute Gasteiger partial charge is 0.481 e. The maximum absolute atomic E-state index is 12.4. The highest BCUT2D eigenvalue weighted by molar-refractivity contribution is 7.89. The monoisotopic (exact) mass is 343 g/mol. The van der Waals surface area contributed by atoms with E-state index in [1.54, 1.807) is 20.8 Å². The van der Waals surface area contributed by atoms with Gasteiger partial charge in [0.15, 0.2) is 0 Å². The molecule has 128 valence electrons. The van der Waals surface area contributed by atoms with Crippen LogP contribution in [0.2, 0.25) is 0 Å². The van der Waals surface area contributed by atoms with E-state index < -0.39 is 22.0 Å². The van der Waals surface area contributed by atoms with E-state index in [9.17, 15) is 18.0 Å². The maximum Gasteiger partial charge on any atom is 0.338 e. The Kier molecular flexibility index (Phi) is 6.28. The Labute approximate surface area is 135 Å². The van der Waals surface area contributed by atoms with E-state index in [2.05, 4.69) is 0 Å². The minimum absolute atomic E-state index is 0.0771. The Morgan fingerprint density at radius 2 is 1.91 bits per heavy atom. The zero-order valence-electron chi connectivity index (χ0n) is 13.6. The van der Waals surface area contributed by atoms with Gasteiger partial charge in [-0.15, -0.1) is 0 Å². The van der Waals surface area contributed by atoms with Gasteiger partial charge in [-0.1, -0.05) is 6.07 Å². The second kappa shape index (κ2) is 7.56. The summed E-state index contributed by atoms with van der Waals surface area (Å²) in [6.07, 6.45) is -0.621. The molecule has 7 nitrogen and oxygen atoms in total. The number of ether oxygens (including phenoxy) is 1. The van der Waals surface area contributed by atoms with Gasteiger partial charge in [-0.25, -0.2) is 17.5 Å². The van der Waals surface area contributed by atoms with Gasteiger partial charge in [-0.2, -0.15) is 0 Å². The highest BCUT2D eigenvalue weighted by atomic mass is 32.2. The van der Waals surface area contributed by atoms with Gasteiger partial charge in [0.25, 0.3) is 0 Å². The van der Waals surface area contributed by atoms with Crippen LogP contribution >= 0.6 is 0 Å². The molecule has 0 aliphatic heterocycles. The van der Waals surface area contributed by atoms with Crippen LogP contribution in [-0.2, 0) is 19.6 Å². The van der Waals surface area contributed by atoms with Crippen molar-refractivity contribution in [3.63, 3.8) is 0 Å². The molecule has 0 amide bonds. The lowest BCUT2D eigenvalue weighted by atomic mass is 10.1. The lowest BCUT2D eigenvalue weighted by Gasteiger charge is -2.17. The molecular formula is C15H21NO6S. The average Bonchev–Trinajstić information content (AvgIpc) is 2.43. The standard InChI is InChI=1S/C15H21NO6S/c1-10(2)22-15(19)13-9-12(6-5-11(13)3)23(20,21)16(4)8-7-14(17)18/h5-6,9-10H,7-8H2,1-4H3,(H,17,18). The summed E-state index contributed by atoms with van der Waals surface area (Å²) in [6, 6.07) is 4.16. The van der Waals surface area contributed by atoms with Crippen molar-refractivity contribution in [2.75, 3.05) is 13.6 Å². The summed E-state index contributed by atoms with van der Waals surface area (Å²) in [4.78, 5) is 22.5. The molecule has 0 saturated heterocycles. The minimum Gasteiger partial charge on any atom is -0.481 e. The Balaban J connectivity index is 3.13. The topological polar surface area (TPSA) is 101 Å². The second-order valence-electron chi connectivity index (χ2n) is 5.40. The molecular weight excluding hydrogens is 322 g/mol. The molecule has 0 saturated carbocycles. The van der Waals surface area contributed by atoms with Crippen LogP contribution < -0.4 is 0 Å². The molecule has 0 aliphatic rings. The van der Waals surface area contributed by atoms with Crippen molar-refractivity contribution in [1.29, 1.82) is 0 Å². The molecule has 1 rings (SSSR count). The first kappa shape index (κ1) is 19.1. The van der Waals surface area contributed by atoms with Gasteiger partial charge >= 0.3 is 11.9 Å². The van der Waals surface area contributed by atoms with Crippen LogP contribution in [-0.4, -0.2) is 49.5 Å². The molecule has 0 atom stereocenters. The number of aryl methyl sites for hydroxylation is 1. The fraction of sp³-hybridized carbons (Fsp3) is 0.467. The number of carbonyl (C=O) groups is 2. The lowest BCUT2D eigenvalue weighted by molar-refractivity contribution is -0.137.